The first-order valence-corrected chi connectivity index (χ1v) is 8.36. The summed E-state index contributed by atoms with van der Waals surface area (Å²) in [6.07, 6.45) is 4.88. The number of likely N-dealkylation sites (tertiary alicyclic amines) is 1. The van der Waals surface area contributed by atoms with E-state index in [1.807, 2.05) is 0 Å². The number of piperidine rings is 1. The van der Waals surface area contributed by atoms with E-state index in [-0.39, 0.29) is 17.7 Å². The highest BCUT2D eigenvalue weighted by atomic mass is 32.1. The molecule has 1 unspecified atom stereocenters. The van der Waals surface area contributed by atoms with Gasteiger partial charge in [-0.15, -0.1) is 11.3 Å². The number of carbonyl (C=O) groups is 2. The zero-order valence-corrected chi connectivity index (χ0v) is 14.1. The molecule has 6 nitrogen and oxygen atoms in total. The van der Waals surface area contributed by atoms with Crippen molar-refractivity contribution >= 4 is 28.3 Å². The van der Waals surface area contributed by atoms with Crippen LogP contribution in [0, 0.1) is 5.92 Å². The van der Waals surface area contributed by atoms with Crippen molar-refractivity contribution in [3.05, 3.63) is 36.0 Å². The summed E-state index contributed by atoms with van der Waals surface area (Å²) in [7, 11) is 0. The van der Waals surface area contributed by atoms with Gasteiger partial charge in [-0.05, 0) is 32.4 Å². The fourth-order valence-corrected chi connectivity index (χ4v) is 3.40. The summed E-state index contributed by atoms with van der Waals surface area (Å²) in [5, 5.41) is 6.03. The standard InChI is InChI=1S/C16H22N4O2S/c1-4-14(21)19-16-17-8-13(23-16)10-20-7-5-6-12(9-20)15(22)18-11(2)3/h4,8,12H,1-2,5-7,9-10H2,3H3,(H,18,22)(H,17,19,21). The lowest BCUT2D eigenvalue weighted by Crippen LogP contribution is -2.42. The van der Waals surface area contributed by atoms with Crippen LogP contribution in [0.4, 0.5) is 5.13 Å². The van der Waals surface area contributed by atoms with Gasteiger partial charge in [0, 0.05) is 29.9 Å². The van der Waals surface area contributed by atoms with Gasteiger partial charge in [0.1, 0.15) is 0 Å². The molecule has 2 N–H and O–H groups in total. The minimum Gasteiger partial charge on any atom is -0.330 e. The Kier molecular flexibility index (Phi) is 6.06. The molecular formula is C16H22N4O2S. The van der Waals surface area contributed by atoms with E-state index in [1.54, 1.807) is 13.1 Å². The van der Waals surface area contributed by atoms with E-state index in [9.17, 15) is 9.59 Å². The monoisotopic (exact) mass is 334 g/mol. The number of rotatable bonds is 6. The molecule has 2 amide bonds. The molecule has 1 atom stereocenters. The normalized spacial score (nSPS) is 18.2. The molecule has 2 rings (SSSR count). The van der Waals surface area contributed by atoms with Gasteiger partial charge in [0.2, 0.25) is 11.8 Å². The van der Waals surface area contributed by atoms with E-state index < -0.39 is 0 Å². The number of carbonyl (C=O) groups excluding carboxylic acids is 2. The van der Waals surface area contributed by atoms with Crippen LogP contribution in [0.15, 0.2) is 31.1 Å². The molecule has 1 fully saturated rings. The number of hydrogen-bond donors (Lipinski definition) is 2. The van der Waals surface area contributed by atoms with Crippen molar-refractivity contribution in [3.63, 3.8) is 0 Å². The van der Waals surface area contributed by atoms with Gasteiger partial charge in [-0.2, -0.15) is 0 Å². The highest BCUT2D eigenvalue weighted by Crippen LogP contribution is 2.23. The minimum atomic E-state index is -0.264. The lowest BCUT2D eigenvalue weighted by atomic mass is 9.97. The lowest BCUT2D eigenvalue weighted by Gasteiger charge is -2.31. The fourth-order valence-electron chi connectivity index (χ4n) is 2.54. The van der Waals surface area contributed by atoms with Crippen molar-refractivity contribution in [2.75, 3.05) is 18.4 Å². The van der Waals surface area contributed by atoms with Crippen LogP contribution in [0.3, 0.4) is 0 Å². The topological polar surface area (TPSA) is 74.3 Å². The van der Waals surface area contributed by atoms with E-state index in [4.69, 9.17) is 0 Å². The number of nitrogens with zero attached hydrogens (tertiary/aromatic N) is 2. The largest absolute Gasteiger partial charge is 0.330 e. The number of aromatic nitrogens is 1. The van der Waals surface area contributed by atoms with Gasteiger partial charge in [0.15, 0.2) is 5.13 Å². The lowest BCUT2D eigenvalue weighted by molar-refractivity contribution is -0.126. The van der Waals surface area contributed by atoms with Crippen molar-refractivity contribution < 1.29 is 9.59 Å². The zero-order valence-electron chi connectivity index (χ0n) is 13.3. The average molecular weight is 334 g/mol. The molecule has 0 aliphatic carbocycles. The Morgan fingerprint density at radius 3 is 3.04 bits per heavy atom. The Morgan fingerprint density at radius 2 is 2.35 bits per heavy atom. The number of allylic oxidation sites excluding steroid dienone is 1. The molecule has 7 heteroatoms. The third-order valence-corrected chi connectivity index (χ3v) is 4.46. The van der Waals surface area contributed by atoms with Crippen LogP contribution in [0.2, 0.25) is 0 Å². The molecule has 1 aliphatic rings. The number of anilines is 1. The maximum atomic E-state index is 12.1. The molecule has 1 aliphatic heterocycles. The second-order valence-electron chi connectivity index (χ2n) is 5.67. The number of hydrogen-bond acceptors (Lipinski definition) is 5. The molecule has 0 spiro atoms. The quantitative estimate of drug-likeness (QED) is 0.782. The van der Waals surface area contributed by atoms with Crippen molar-refractivity contribution in [1.29, 1.82) is 0 Å². The van der Waals surface area contributed by atoms with Crippen LogP contribution in [0.1, 0.15) is 24.6 Å². The van der Waals surface area contributed by atoms with Gasteiger partial charge < -0.3 is 5.32 Å². The molecule has 1 aromatic heterocycles. The van der Waals surface area contributed by atoms with Crippen molar-refractivity contribution in [3.8, 4) is 0 Å². The summed E-state index contributed by atoms with van der Waals surface area (Å²) in [5.74, 6) is -0.223. The molecule has 23 heavy (non-hydrogen) atoms. The van der Waals surface area contributed by atoms with Crippen molar-refractivity contribution in [1.82, 2.24) is 15.2 Å². The Morgan fingerprint density at radius 1 is 1.57 bits per heavy atom. The maximum Gasteiger partial charge on any atom is 0.249 e. The Balaban J connectivity index is 1.90. The van der Waals surface area contributed by atoms with Crippen molar-refractivity contribution in [2.24, 2.45) is 5.92 Å². The first kappa shape index (κ1) is 17.4. The van der Waals surface area contributed by atoms with Gasteiger partial charge in [0.05, 0.1) is 5.92 Å². The highest BCUT2D eigenvalue weighted by molar-refractivity contribution is 7.15. The van der Waals surface area contributed by atoms with E-state index in [1.165, 1.54) is 17.4 Å². The van der Waals surface area contributed by atoms with Gasteiger partial charge in [0.25, 0.3) is 0 Å². The smallest absolute Gasteiger partial charge is 0.249 e. The molecule has 2 heterocycles. The van der Waals surface area contributed by atoms with Crippen LogP contribution in [0.25, 0.3) is 0 Å². The molecule has 0 radical (unpaired) electrons. The first-order chi connectivity index (χ1) is 11.0. The summed E-state index contributed by atoms with van der Waals surface area (Å²) < 4.78 is 0. The summed E-state index contributed by atoms with van der Waals surface area (Å²) in [6.45, 7) is 11.3. The molecule has 0 aromatic carbocycles. The van der Waals surface area contributed by atoms with Crippen LogP contribution in [-0.4, -0.2) is 34.8 Å². The third kappa shape index (κ3) is 5.30. The van der Waals surface area contributed by atoms with Crippen LogP contribution in [0.5, 0.6) is 0 Å². The molecule has 1 aromatic rings. The first-order valence-electron chi connectivity index (χ1n) is 7.54. The third-order valence-electron chi connectivity index (χ3n) is 3.56. The SMILES string of the molecule is C=CC(=O)Nc1ncc(CN2CCCC(C(=O)NC(=C)C)C2)s1. The van der Waals surface area contributed by atoms with Gasteiger partial charge in [-0.1, -0.05) is 13.2 Å². The predicted octanol–water partition coefficient (Wildman–Crippen LogP) is 2.13. The molecular weight excluding hydrogens is 312 g/mol. The Hall–Kier alpha value is -1.99. The molecule has 124 valence electrons. The summed E-state index contributed by atoms with van der Waals surface area (Å²) >= 11 is 1.44. The van der Waals surface area contributed by atoms with Gasteiger partial charge in [-0.3, -0.25) is 19.8 Å². The second kappa shape index (κ2) is 8.03. The molecule has 0 saturated carbocycles. The van der Waals surface area contributed by atoms with Crippen LogP contribution >= 0.6 is 11.3 Å². The van der Waals surface area contributed by atoms with E-state index in [0.717, 1.165) is 37.4 Å². The zero-order chi connectivity index (χ0) is 16.8. The minimum absolute atomic E-state index is 0.00619. The van der Waals surface area contributed by atoms with E-state index >= 15 is 0 Å². The summed E-state index contributed by atoms with van der Waals surface area (Å²) in [6, 6.07) is 0. The number of nitrogens with one attached hydrogen (secondary N) is 2. The van der Waals surface area contributed by atoms with Crippen molar-refractivity contribution in [2.45, 2.75) is 26.3 Å². The summed E-state index contributed by atoms with van der Waals surface area (Å²) in [5.41, 5.74) is 0.678. The Bertz CT molecular complexity index is 611. The molecule has 1 saturated heterocycles. The second-order valence-corrected chi connectivity index (χ2v) is 6.78. The van der Waals surface area contributed by atoms with Crippen LogP contribution < -0.4 is 10.6 Å². The van der Waals surface area contributed by atoms with Gasteiger partial charge >= 0.3 is 0 Å². The Labute approximate surface area is 140 Å². The molecule has 0 bridgehead atoms. The number of amides is 2. The number of thiazole rings is 1. The average Bonchev–Trinajstić information content (AvgIpc) is 2.93. The fraction of sp³-hybridized carbons (Fsp3) is 0.438. The maximum absolute atomic E-state index is 12.1. The highest BCUT2D eigenvalue weighted by Gasteiger charge is 2.26. The summed E-state index contributed by atoms with van der Waals surface area (Å²) in [4.78, 5) is 30.9. The predicted molar refractivity (Wildman–Crippen MR) is 91.9 cm³/mol. The van der Waals surface area contributed by atoms with E-state index in [0.29, 0.717) is 10.8 Å². The van der Waals surface area contributed by atoms with Gasteiger partial charge in [-0.25, -0.2) is 4.98 Å². The van der Waals surface area contributed by atoms with Crippen LogP contribution in [-0.2, 0) is 16.1 Å². The van der Waals surface area contributed by atoms with E-state index in [2.05, 4.69) is 33.7 Å².